The first-order valence-corrected chi connectivity index (χ1v) is 8.50. The average Bonchev–Trinajstić information content (AvgIpc) is 3.30. The molecule has 1 aliphatic heterocycles. The third-order valence-electron chi connectivity index (χ3n) is 4.29. The fourth-order valence-corrected chi connectivity index (χ4v) is 3.01. The van der Waals surface area contributed by atoms with Crippen molar-refractivity contribution in [3.8, 4) is 11.5 Å². The SMILES string of the molecule is CCc1nc2n(n1)CCC[C@H]2NC(=O)c1cnc(-c2ccccc2)o1. The number of nitrogens with zero attached hydrogens (tertiary/aromatic N) is 4. The number of fused-ring (bicyclic) bond motifs is 1. The Labute approximate surface area is 145 Å². The molecule has 0 saturated heterocycles. The van der Waals surface area contributed by atoms with Crippen LogP contribution in [0.25, 0.3) is 11.5 Å². The molecule has 7 nitrogen and oxygen atoms in total. The largest absolute Gasteiger partial charge is 0.431 e. The Hall–Kier alpha value is -2.96. The quantitative estimate of drug-likeness (QED) is 0.791. The standard InChI is InChI=1S/C18H19N5O2/c1-2-15-21-16-13(9-6-10-23(16)22-15)20-17(24)14-11-19-18(25-14)12-7-4-3-5-8-12/h3-5,7-8,11,13H,2,6,9-10H2,1H3,(H,20,24)/t13-/m1/s1. The lowest BCUT2D eigenvalue weighted by molar-refractivity contribution is 0.0900. The zero-order valence-electron chi connectivity index (χ0n) is 14.0. The molecule has 3 aromatic rings. The Balaban J connectivity index is 1.52. The fraction of sp³-hybridized carbons (Fsp3) is 0.333. The highest BCUT2D eigenvalue weighted by Crippen LogP contribution is 2.24. The number of rotatable bonds is 4. The van der Waals surface area contributed by atoms with Gasteiger partial charge in [-0.3, -0.25) is 4.79 Å². The topological polar surface area (TPSA) is 85.8 Å². The van der Waals surface area contributed by atoms with Gasteiger partial charge in [-0.2, -0.15) is 5.10 Å². The second-order valence-corrected chi connectivity index (χ2v) is 6.03. The van der Waals surface area contributed by atoms with Gasteiger partial charge in [-0.15, -0.1) is 0 Å². The fourth-order valence-electron chi connectivity index (χ4n) is 3.01. The molecule has 0 saturated carbocycles. The van der Waals surface area contributed by atoms with E-state index in [0.29, 0.717) is 5.89 Å². The summed E-state index contributed by atoms with van der Waals surface area (Å²) in [6.45, 7) is 2.86. The van der Waals surface area contributed by atoms with Crippen molar-refractivity contribution in [3.05, 3.63) is 53.9 Å². The van der Waals surface area contributed by atoms with E-state index < -0.39 is 0 Å². The molecule has 0 radical (unpaired) electrons. The number of hydrogen-bond acceptors (Lipinski definition) is 5. The number of benzene rings is 1. The third kappa shape index (κ3) is 3.05. The zero-order chi connectivity index (χ0) is 17.2. The van der Waals surface area contributed by atoms with Gasteiger partial charge in [-0.1, -0.05) is 25.1 Å². The number of nitrogens with one attached hydrogen (secondary N) is 1. The van der Waals surface area contributed by atoms with E-state index >= 15 is 0 Å². The van der Waals surface area contributed by atoms with Crippen LogP contribution in [0.15, 0.2) is 40.9 Å². The van der Waals surface area contributed by atoms with Crippen LogP contribution >= 0.6 is 0 Å². The first-order chi connectivity index (χ1) is 12.2. The van der Waals surface area contributed by atoms with Crippen LogP contribution in [0.4, 0.5) is 0 Å². The van der Waals surface area contributed by atoms with Crippen molar-refractivity contribution < 1.29 is 9.21 Å². The van der Waals surface area contributed by atoms with Crippen LogP contribution < -0.4 is 5.32 Å². The molecule has 128 valence electrons. The maximum atomic E-state index is 12.5. The summed E-state index contributed by atoms with van der Waals surface area (Å²) >= 11 is 0. The molecule has 0 bridgehead atoms. The van der Waals surface area contributed by atoms with E-state index in [9.17, 15) is 4.79 Å². The molecule has 0 spiro atoms. The summed E-state index contributed by atoms with van der Waals surface area (Å²) in [4.78, 5) is 21.3. The smallest absolute Gasteiger partial charge is 0.289 e. The van der Waals surface area contributed by atoms with Gasteiger partial charge < -0.3 is 9.73 Å². The highest BCUT2D eigenvalue weighted by molar-refractivity contribution is 5.91. The van der Waals surface area contributed by atoms with E-state index in [0.717, 1.165) is 43.0 Å². The second kappa shape index (κ2) is 6.51. The molecule has 1 N–H and O–H groups in total. The van der Waals surface area contributed by atoms with Gasteiger partial charge in [0.25, 0.3) is 5.91 Å². The van der Waals surface area contributed by atoms with Crippen molar-refractivity contribution >= 4 is 5.91 Å². The molecule has 1 aliphatic rings. The van der Waals surface area contributed by atoms with E-state index in [1.165, 1.54) is 6.20 Å². The van der Waals surface area contributed by atoms with Crippen LogP contribution in [-0.2, 0) is 13.0 Å². The van der Waals surface area contributed by atoms with E-state index in [4.69, 9.17) is 4.42 Å². The van der Waals surface area contributed by atoms with Crippen molar-refractivity contribution in [1.82, 2.24) is 25.1 Å². The normalized spacial score (nSPS) is 16.4. The monoisotopic (exact) mass is 337 g/mol. The summed E-state index contributed by atoms with van der Waals surface area (Å²) in [5.74, 6) is 1.98. The van der Waals surface area contributed by atoms with Gasteiger partial charge in [0.1, 0.15) is 5.82 Å². The molecule has 2 aromatic heterocycles. The lowest BCUT2D eigenvalue weighted by Gasteiger charge is -2.22. The van der Waals surface area contributed by atoms with Gasteiger partial charge >= 0.3 is 0 Å². The van der Waals surface area contributed by atoms with Gasteiger partial charge in [0.15, 0.2) is 5.82 Å². The lowest BCUT2D eigenvalue weighted by Crippen LogP contribution is -2.33. The Kier molecular flexibility index (Phi) is 4.05. The molecule has 25 heavy (non-hydrogen) atoms. The van der Waals surface area contributed by atoms with Crippen molar-refractivity contribution in [3.63, 3.8) is 0 Å². The first-order valence-electron chi connectivity index (χ1n) is 8.50. The van der Waals surface area contributed by atoms with Gasteiger partial charge in [-0.25, -0.2) is 14.6 Å². The maximum absolute atomic E-state index is 12.5. The molecule has 0 fully saturated rings. The average molecular weight is 337 g/mol. The number of aryl methyl sites for hydroxylation is 2. The Morgan fingerprint density at radius 3 is 3.00 bits per heavy atom. The summed E-state index contributed by atoms with van der Waals surface area (Å²) in [5, 5.41) is 7.46. The predicted octanol–water partition coefficient (Wildman–Crippen LogP) is 2.76. The maximum Gasteiger partial charge on any atom is 0.289 e. The molecular weight excluding hydrogens is 318 g/mol. The molecule has 7 heteroatoms. The van der Waals surface area contributed by atoms with Crippen LogP contribution in [0.3, 0.4) is 0 Å². The molecule has 0 aliphatic carbocycles. The summed E-state index contributed by atoms with van der Waals surface area (Å²) in [6, 6.07) is 9.36. The number of hydrogen-bond donors (Lipinski definition) is 1. The van der Waals surface area contributed by atoms with Gasteiger partial charge in [0.2, 0.25) is 11.7 Å². The van der Waals surface area contributed by atoms with E-state index in [1.807, 2.05) is 41.9 Å². The summed E-state index contributed by atoms with van der Waals surface area (Å²) in [7, 11) is 0. The number of oxazole rings is 1. The third-order valence-corrected chi connectivity index (χ3v) is 4.29. The van der Waals surface area contributed by atoms with Crippen LogP contribution in [-0.4, -0.2) is 25.7 Å². The number of carbonyl (C=O) groups excluding carboxylic acids is 1. The number of carbonyl (C=O) groups is 1. The second-order valence-electron chi connectivity index (χ2n) is 6.03. The predicted molar refractivity (Wildman–Crippen MR) is 90.8 cm³/mol. The minimum absolute atomic E-state index is 0.153. The molecule has 1 amide bonds. The lowest BCUT2D eigenvalue weighted by atomic mass is 10.1. The van der Waals surface area contributed by atoms with Crippen molar-refractivity contribution in [2.75, 3.05) is 0 Å². The molecule has 1 aromatic carbocycles. The van der Waals surface area contributed by atoms with Gasteiger partial charge in [0, 0.05) is 18.5 Å². The minimum atomic E-state index is -0.283. The zero-order valence-corrected chi connectivity index (χ0v) is 14.0. The van der Waals surface area contributed by atoms with Crippen molar-refractivity contribution in [2.24, 2.45) is 0 Å². The van der Waals surface area contributed by atoms with Crippen molar-refractivity contribution in [2.45, 2.75) is 38.8 Å². The van der Waals surface area contributed by atoms with E-state index in [2.05, 4.69) is 20.4 Å². The summed E-state index contributed by atoms with van der Waals surface area (Å²) in [6.07, 6.45) is 4.04. The molecular formula is C18H19N5O2. The molecule has 1 atom stereocenters. The number of amides is 1. The van der Waals surface area contributed by atoms with Crippen LogP contribution in [0.1, 0.15) is 48.0 Å². The van der Waals surface area contributed by atoms with Crippen LogP contribution in [0, 0.1) is 0 Å². The van der Waals surface area contributed by atoms with Gasteiger partial charge in [0.05, 0.1) is 12.2 Å². The Morgan fingerprint density at radius 1 is 1.36 bits per heavy atom. The van der Waals surface area contributed by atoms with Crippen LogP contribution in [0.2, 0.25) is 0 Å². The summed E-state index contributed by atoms with van der Waals surface area (Å²) in [5.41, 5.74) is 0.839. The molecule has 4 rings (SSSR count). The molecule has 0 unspecified atom stereocenters. The first kappa shape index (κ1) is 15.6. The van der Waals surface area contributed by atoms with E-state index in [1.54, 1.807) is 0 Å². The minimum Gasteiger partial charge on any atom is -0.431 e. The number of aromatic nitrogens is 4. The Morgan fingerprint density at radius 2 is 2.20 bits per heavy atom. The summed E-state index contributed by atoms with van der Waals surface area (Å²) < 4.78 is 7.51. The molecule has 3 heterocycles. The Bertz CT molecular complexity index is 884. The van der Waals surface area contributed by atoms with E-state index in [-0.39, 0.29) is 17.7 Å². The van der Waals surface area contributed by atoms with Crippen molar-refractivity contribution in [1.29, 1.82) is 0 Å². The highest BCUT2D eigenvalue weighted by Gasteiger charge is 2.27. The van der Waals surface area contributed by atoms with Crippen LogP contribution in [0.5, 0.6) is 0 Å². The highest BCUT2D eigenvalue weighted by atomic mass is 16.4. The van der Waals surface area contributed by atoms with Gasteiger partial charge in [-0.05, 0) is 25.0 Å².